The standard InChI is InChI=1S/C33H30N6O4/c1-21(37-32(41)28-22(2)36-20-38-17-16-34-30(28)38)26-19-24-10-6-9-23(11-7-15-35-31(40)27-14-8-18-43-27)29(24)33(42)39(26)25-12-4-3-5-13-25/h3-6,9-10,12-13,16-17,19-21,27H,8,14-15,18H2,1-2H3,(H,35,40)(H,37,41)/t21-,27-/m1/s1. The molecule has 10 nitrogen and oxygen atoms in total. The lowest BCUT2D eigenvalue weighted by molar-refractivity contribution is -0.129. The summed E-state index contributed by atoms with van der Waals surface area (Å²) >= 11 is 0. The van der Waals surface area contributed by atoms with Gasteiger partial charge in [0.25, 0.3) is 11.5 Å². The SMILES string of the molecule is Cc1ncn2ccnc2c1C(=O)N[C@H](C)c1cc2cccc(C#CCNC(=O)[C@H]3CCCO3)c2c(=O)n1-c1ccccc1. The minimum Gasteiger partial charge on any atom is -0.368 e. The van der Waals surface area contributed by atoms with Gasteiger partial charge in [-0.25, -0.2) is 9.97 Å². The zero-order valence-electron chi connectivity index (χ0n) is 23.8. The molecule has 0 unspecified atom stereocenters. The van der Waals surface area contributed by atoms with Crippen LogP contribution in [0.15, 0.2) is 78.1 Å². The molecule has 0 spiro atoms. The van der Waals surface area contributed by atoms with E-state index in [9.17, 15) is 14.4 Å². The minimum absolute atomic E-state index is 0.140. The van der Waals surface area contributed by atoms with Crippen LogP contribution in [-0.2, 0) is 9.53 Å². The van der Waals surface area contributed by atoms with Crippen molar-refractivity contribution in [2.24, 2.45) is 0 Å². The number of hydrogen-bond donors (Lipinski definition) is 2. The van der Waals surface area contributed by atoms with Gasteiger partial charge in [-0.1, -0.05) is 42.2 Å². The molecule has 1 saturated heterocycles. The van der Waals surface area contributed by atoms with Gasteiger partial charge in [0.15, 0.2) is 5.65 Å². The van der Waals surface area contributed by atoms with E-state index in [1.807, 2.05) is 55.5 Å². The number of rotatable bonds is 6. The number of carbonyl (C=O) groups excluding carboxylic acids is 2. The summed E-state index contributed by atoms with van der Waals surface area (Å²) in [5, 5.41) is 6.99. The average Bonchev–Trinajstić information content (AvgIpc) is 3.72. The number of pyridine rings is 1. The van der Waals surface area contributed by atoms with E-state index in [1.54, 1.807) is 40.7 Å². The molecule has 2 amide bonds. The van der Waals surface area contributed by atoms with E-state index in [0.717, 1.165) is 6.42 Å². The molecule has 2 aromatic carbocycles. The van der Waals surface area contributed by atoms with Gasteiger partial charge in [-0.3, -0.25) is 23.4 Å². The fourth-order valence-electron chi connectivity index (χ4n) is 5.40. The first-order chi connectivity index (χ1) is 20.9. The molecule has 3 aromatic heterocycles. The molecule has 1 aliphatic heterocycles. The molecule has 0 radical (unpaired) electrons. The van der Waals surface area contributed by atoms with Gasteiger partial charge in [-0.05, 0) is 56.3 Å². The van der Waals surface area contributed by atoms with Crippen LogP contribution in [0.5, 0.6) is 0 Å². The van der Waals surface area contributed by atoms with Crippen molar-refractivity contribution >= 4 is 28.2 Å². The molecule has 4 heterocycles. The second kappa shape index (κ2) is 11.9. The maximum atomic E-state index is 14.2. The van der Waals surface area contributed by atoms with Crippen LogP contribution >= 0.6 is 0 Å². The summed E-state index contributed by atoms with van der Waals surface area (Å²) in [5.74, 6) is 5.53. The van der Waals surface area contributed by atoms with Crippen molar-refractivity contribution in [3.05, 3.63) is 106 Å². The molecular formula is C33H30N6O4. The minimum atomic E-state index is -0.554. The predicted octanol–water partition coefficient (Wildman–Crippen LogP) is 3.48. The van der Waals surface area contributed by atoms with Crippen molar-refractivity contribution in [1.82, 2.24) is 29.6 Å². The van der Waals surface area contributed by atoms with Crippen LogP contribution in [0.25, 0.3) is 22.1 Å². The summed E-state index contributed by atoms with van der Waals surface area (Å²) in [5.41, 5.74) is 2.98. The van der Waals surface area contributed by atoms with Crippen LogP contribution in [0.2, 0.25) is 0 Å². The fraction of sp³-hybridized carbons (Fsp3) is 0.242. The maximum Gasteiger partial charge on any atom is 0.264 e. The summed E-state index contributed by atoms with van der Waals surface area (Å²) in [6.45, 7) is 4.34. The molecule has 1 aliphatic rings. The molecule has 6 rings (SSSR count). The van der Waals surface area contributed by atoms with Crippen molar-refractivity contribution in [3.63, 3.8) is 0 Å². The summed E-state index contributed by atoms with van der Waals surface area (Å²) in [4.78, 5) is 48.7. The molecule has 43 heavy (non-hydrogen) atoms. The highest BCUT2D eigenvalue weighted by molar-refractivity contribution is 6.01. The number of hydrogen-bond acceptors (Lipinski definition) is 6. The number of aryl methyl sites for hydroxylation is 1. The average molecular weight is 575 g/mol. The Morgan fingerprint density at radius 3 is 2.77 bits per heavy atom. The van der Waals surface area contributed by atoms with Gasteiger partial charge < -0.3 is 15.4 Å². The number of para-hydroxylation sites is 1. The highest BCUT2D eigenvalue weighted by Crippen LogP contribution is 2.24. The van der Waals surface area contributed by atoms with Gasteiger partial charge in [0.2, 0.25) is 5.91 Å². The van der Waals surface area contributed by atoms with Gasteiger partial charge >= 0.3 is 0 Å². The zero-order chi connectivity index (χ0) is 29.9. The number of aromatic nitrogens is 4. The van der Waals surface area contributed by atoms with Gasteiger partial charge in [0, 0.05) is 35.9 Å². The Bertz CT molecular complexity index is 1960. The van der Waals surface area contributed by atoms with Gasteiger partial charge in [0.05, 0.1) is 23.7 Å². The van der Waals surface area contributed by atoms with Crippen molar-refractivity contribution in [3.8, 4) is 17.5 Å². The van der Waals surface area contributed by atoms with Gasteiger partial charge in [-0.15, -0.1) is 0 Å². The second-order valence-electron chi connectivity index (χ2n) is 10.4. The van der Waals surface area contributed by atoms with Crippen LogP contribution in [0.3, 0.4) is 0 Å². The Morgan fingerprint density at radius 2 is 1.98 bits per heavy atom. The van der Waals surface area contributed by atoms with Crippen LogP contribution in [0.1, 0.15) is 53.1 Å². The number of ether oxygens (including phenoxy) is 1. The highest BCUT2D eigenvalue weighted by Gasteiger charge is 2.24. The monoisotopic (exact) mass is 574 g/mol. The topological polar surface area (TPSA) is 120 Å². The first-order valence-electron chi connectivity index (χ1n) is 14.1. The fourth-order valence-corrected chi connectivity index (χ4v) is 5.40. The number of imidazole rings is 1. The lowest BCUT2D eigenvalue weighted by Crippen LogP contribution is -2.34. The smallest absolute Gasteiger partial charge is 0.264 e. The molecule has 2 atom stereocenters. The van der Waals surface area contributed by atoms with Crippen LogP contribution < -0.4 is 16.2 Å². The Hall–Kier alpha value is -5.27. The molecule has 10 heteroatoms. The van der Waals surface area contributed by atoms with Crippen molar-refractivity contribution in [2.75, 3.05) is 13.2 Å². The third kappa shape index (κ3) is 5.50. The van der Waals surface area contributed by atoms with Crippen LogP contribution in [0, 0.1) is 18.8 Å². The molecule has 0 aliphatic carbocycles. The maximum absolute atomic E-state index is 14.2. The second-order valence-corrected chi connectivity index (χ2v) is 10.4. The number of nitrogens with one attached hydrogen (secondary N) is 2. The normalized spacial score (nSPS) is 15.2. The Kier molecular flexibility index (Phi) is 7.73. The summed E-state index contributed by atoms with van der Waals surface area (Å²) in [6.07, 6.45) is 6.12. The van der Waals surface area contributed by atoms with Crippen molar-refractivity contribution in [1.29, 1.82) is 0 Å². The first-order valence-corrected chi connectivity index (χ1v) is 14.1. The Labute approximate surface area is 247 Å². The summed E-state index contributed by atoms with van der Waals surface area (Å²) in [7, 11) is 0. The van der Waals surface area contributed by atoms with E-state index in [1.165, 1.54) is 0 Å². The number of nitrogens with zero attached hydrogens (tertiary/aromatic N) is 4. The number of fused-ring (bicyclic) bond motifs is 2. The highest BCUT2D eigenvalue weighted by atomic mass is 16.5. The number of carbonyl (C=O) groups is 2. The summed E-state index contributed by atoms with van der Waals surface area (Å²) in [6, 6.07) is 16.1. The van der Waals surface area contributed by atoms with E-state index in [-0.39, 0.29) is 23.9 Å². The molecule has 5 aromatic rings. The van der Waals surface area contributed by atoms with Gasteiger partial charge in [-0.2, -0.15) is 0 Å². The predicted molar refractivity (Wildman–Crippen MR) is 162 cm³/mol. The van der Waals surface area contributed by atoms with E-state index in [4.69, 9.17) is 4.74 Å². The lowest BCUT2D eigenvalue weighted by Gasteiger charge is -2.21. The first kappa shape index (κ1) is 27.9. The molecule has 0 bridgehead atoms. The Morgan fingerprint density at radius 1 is 1.14 bits per heavy atom. The van der Waals surface area contributed by atoms with Crippen LogP contribution in [0.4, 0.5) is 0 Å². The molecule has 2 N–H and O–H groups in total. The van der Waals surface area contributed by atoms with Gasteiger partial charge in [0.1, 0.15) is 18.0 Å². The van der Waals surface area contributed by atoms with Crippen molar-refractivity contribution < 1.29 is 14.3 Å². The lowest BCUT2D eigenvalue weighted by atomic mass is 10.0. The third-order valence-electron chi connectivity index (χ3n) is 7.53. The van der Waals surface area contributed by atoms with E-state index in [0.29, 0.717) is 57.6 Å². The van der Waals surface area contributed by atoms with E-state index < -0.39 is 12.1 Å². The zero-order valence-corrected chi connectivity index (χ0v) is 23.8. The number of benzene rings is 2. The largest absolute Gasteiger partial charge is 0.368 e. The molecule has 1 fully saturated rings. The summed E-state index contributed by atoms with van der Waals surface area (Å²) < 4.78 is 8.72. The van der Waals surface area contributed by atoms with E-state index in [2.05, 4.69) is 32.4 Å². The number of amides is 2. The Balaban J connectivity index is 1.37. The molecular weight excluding hydrogens is 544 g/mol. The van der Waals surface area contributed by atoms with Crippen LogP contribution in [-0.4, -0.2) is 50.0 Å². The van der Waals surface area contributed by atoms with Crippen molar-refractivity contribution in [2.45, 2.75) is 38.8 Å². The molecule has 216 valence electrons. The van der Waals surface area contributed by atoms with E-state index >= 15 is 0 Å². The molecule has 0 saturated carbocycles. The third-order valence-corrected chi connectivity index (χ3v) is 7.53. The quantitative estimate of drug-likeness (QED) is 0.300.